The van der Waals surface area contributed by atoms with Crippen molar-refractivity contribution in [2.45, 2.75) is 82.5 Å². The summed E-state index contributed by atoms with van der Waals surface area (Å²) in [6, 6.07) is 6.95. The van der Waals surface area contributed by atoms with Gasteiger partial charge in [0.15, 0.2) is 17.7 Å². The summed E-state index contributed by atoms with van der Waals surface area (Å²) in [6.07, 6.45) is 3.65. The van der Waals surface area contributed by atoms with Crippen LogP contribution in [0, 0.1) is 5.92 Å². The molecule has 2 fully saturated rings. The summed E-state index contributed by atoms with van der Waals surface area (Å²) >= 11 is 0. The number of anilines is 1. The Morgan fingerprint density at radius 1 is 1.15 bits per heavy atom. The fourth-order valence-corrected chi connectivity index (χ4v) is 5.88. The van der Waals surface area contributed by atoms with Crippen molar-refractivity contribution in [3.8, 4) is 0 Å². The highest BCUT2D eigenvalue weighted by Gasteiger charge is 2.45. The number of rotatable bonds is 7. The molecule has 4 atom stereocenters. The summed E-state index contributed by atoms with van der Waals surface area (Å²) in [7, 11) is 2.06. The normalized spacial score (nSPS) is 27.6. The number of nitrogen functional groups attached to an aromatic ring is 1. The average molecular weight is 535 g/mol. The third kappa shape index (κ3) is 4.88. The number of hydrogen-bond donors (Lipinski definition) is 4. The summed E-state index contributed by atoms with van der Waals surface area (Å²) in [4.78, 5) is 23.0. The number of H-pyrrole nitrogens is 1. The molecule has 4 aromatic rings. The minimum Gasteiger partial charge on any atom is -0.387 e. The van der Waals surface area contributed by atoms with E-state index in [1.807, 2.05) is 0 Å². The van der Waals surface area contributed by atoms with E-state index in [1.165, 1.54) is 18.2 Å². The summed E-state index contributed by atoms with van der Waals surface area (Å²) in [5.74, 6) is 1.96. The Labute approximate surface area is 227 Å². The van der Waals surface area contributed by atoms with Gasteiger partial charge in [-0.2, -0.15) is 0 Å². The molecule has 0 radical (unpaired) electrons. The predicted molar refractivity (Wildman–Crippen MR) is 148 cm³/mol. The standard InChI is InChI=1S/C28H38N8O3/c1-28(2,3)16-6-7-18-19(11-16)34-21(33-18)8-5-15-9-17(10-15)35(4)12-20-23(37)24(38)27(39-20)36-14-32-22-25(29)30-13-31-26(22)36/h6-7,11,13-15,17,20,23-24,27,37-38H,5,8-10,12H2,1-4H3,(H,33,34)(H2,29,30,31)/t15-,17-,20-,23+,24+,27-/m1/s1. The number of likely N-dealkylation sites (N-methyl/N-ethyl adjacent to an activating group) is 1. The molecule has 5 N–H and O–H groups in total. The van der Waals surface area contributed by atoms with Crippen molar-refractivity contribution in [3.05, 3.63) is 42.2 Å². The summed E-state index contributed by atoms with van der Waals surface area (Å²) in [6.45, 7) is 7.19. The molecule has 0 bridgehead atoms. The van der Waals surface area contributed by atoms with E-state index < -0.39 is 24.5 Å². The molecular weight excluding hydrogens is 496 g/mol. The second-order valence-corrected chi connectivity index (χ2v) is 12.3. The topological polar surface area (TPSA) is 151 Å². The van der Waals surface area contributed by atoms with Crippen LogP contribution in [-0.4, -0.2) is 82.5 Å². The van der Waals surface area contributed by atoms with Crippen molar-refractivity contribution in [1.82, 2.24) is 34.4 Å². The molecule has 1 saturated heterocycles. The second kappa shape index (κ2) is 9.81. The Morgan fingerprint density at radius 3 is 2.72 bits per heavy atom. The number of imidazole rings is 2. The molecule has 0 unspecified atom stereocenters. The van der Waals surface area contributed by atoms with Crippen LogP contribution < -0.4 is 5.73 Å². The Kier molecular flexibility index (Phi) is 6.57. The minimum atomic E-state index is -1.10. The molecule has 11 heteroatoms. The van der Waals surface area contributed by atoms with E-state index in [-0.39, 0.29) is 11.2 Å². The maximum absolute atomic E-state index is 10.8. The first-order valence-electron chi connectivity index (χ1n) is 13.7. The Balaban J connectivity index is 1.01. The molecule has 4 heterocycles. The van der Waals surface area contributed by atoms with Crippen molar-refractivity contribution in [2.24, 2.45) is 5.92 Å². The largest absolute Gasteiger partial charge is 0.387 e. The molecule has 0 spiro atoms. The minimum absolute atomic E-state index is 0.107. The van der Waals surface area contributed by atoms with Gasteiger partial charge in [-0.25, -0.2) is 19.9 Å². The zero-order valence-corrected chi connectivity index (χ0v) is 22.9. The fraction of sp³-hybridized carbons (Fsp3) is 0.571. The van der Waals surface area contributed by atoms with Gasteiger partial charge in [-0.1, -0.05) is 26.8 Å². The van der Waals surface area contributed by atoms with E-state index in [4.69, 9.17) is 15.5 Å². The van der Waals surface area contributed by atoms with Crippen LogP contribution in [0.15, 0.2) is 30.9 Å². The van der Waals surface area contributed by atoms with Gasteiger partial charge in [0, 0.05) is 19.0 Å². The maximum atomic E-state index is 10.8. The van der Waals surface area contributed by atoms with Gasteiger partial charge >= 0.3 is 0 Å². The number of ether oxygens (including phenoxy) is 1. The molecule has 39 heavy (non-hydrogen) atoms. The molecule has 11 nitrogen and oxygen atoms in total. The van der Waals surface area contributed by atoms with Gasteiger partial charge < -0.3 is 30.6 Å². The highest BCUT2D eigenvalue weighted by molar-refractivity contribution is 5.81. The first-order chi connectivity index (χ1) is 18.6. The molecule has 0 amide bonds. The molecule has 6 rings (SSSR count). The first kappa shape index (κ1) is 26.1. The quantitative estimate of drug-likeness (QED) is 0.280. The van der Waals surface area contributed by atoms with Gasteiger partial charge in [0.25, 0.3) is 0 Å². The number of benzene rings is 1. The zero-order chi connectivity index (χ0) is 27.5. The van der Waals surface area contributed by atoms with Crippen molar-refractivity contribution in [2.75, 3.05) is 19.3 Å². The van der Waals surface area contributed by atoms with Crippen LogP contribution in [0.4, 0.5) is 5.82 Å². The van der Waals surface area contributed by atoms with Crippen molar-refractivity contribution in [3.63, 3.8) is 0 Å². The van der Waals surface area contributed by atoms with Crippen LogP contribution in [0.3, 0.4) is 0 Å². The first-order valence-corrected chi connectivity index (χ1v) is 13.7. The lowest BCUT2D eigenvalue weighted by Gasteiger charge is -2.42. The number of fused-ring (bicyclic) bond motifs is 2. The smallest absolute Gasteiger partial charge is 0.167 e. The van der Waals surface area contributed by atoms with Crippen LogP contribution in [0.25, 0.3) is 22.2 Å². The van der Waals surface area contributed by atoms with E-state index in [2.05, 4.69) is 70.9 Å². The molecule has 2 aliphatic rings. The lowest BCUT2D eigenvalue weighted by molar-refractivity contribution is -0.0514. The number of aliphatic hydroxyl groups is 2. The number of aliphatic hydroxyl groups excluding tert-OH is 2. The molecule has 3 aromatic heterocycles. The summed E-state index contributed by atoms with van der Waals surface area (Å²) < 4.78 is 7.74. The Bertz CT molecular complexity index is 1470. The van der Waals surface area contributed by atoms with Crippen LogP contribution in [0.5, 0.6) is 0 Å². The number of nitrogens with two attached hydrogens (primary N) is 1. The van der Waals surface area contributed by atoms with Crippen LogP contribution in [0.2, 0.25) is 0 Å². The highest BCUT2D eigenvalue weighted by Crippen LogP contribution is 2.37. The van der Waals surface area contributed by atoms with E-state index in [0.717, 1.165) is 42.5 Å². The van der Waals surface area contributed by atoms with Gasteiger partial charge in [0.2, 0.25) is 0 Å². The van der Waals surface area contributed by atoms with E-state index >= 15 is 0 Å². The van der Waals surface area contributed by atoms with E-state index in [9.17, 15) is 10.2 Å². The van der Waals surface area contributed by atoms with Gasteiger partial charge in [-0.05, 0) is 55.3 Å². The van der Waals surface area contributed by atoms with Crippen LogP contribution in [0.1, 0.15) is 57.6 Å². The molecule has 1 aliphatic heterocycles. The number of aromatic amines is 1. The number of aromatic nitrogens is 6. The van der Waals surface area contributed by atoms with Crippen molar-refractivity contribution < 1.29 is 14.9 Å². The van der Waals surface area contributed by atoms with E-state index in [0.29, 0.717) is 29.7 Å². The van der Waals surface area contributed by atoms with Crippen molar-refractivity contribution >= 4 is 28.0 Å². The lowest BCUT2D eigenvalue weighted by Crippen LogP contribution is -2.47. The van der Waals surface area contributed by atoms with E-state index in [1.54, 1.807) is 4.57 Å². The van der Waals surface area contributed by atoms with Gasteiger partial charge in [-0.15, -0.1) is 0 Å². The maximum Gasteiger partial charge on any atom is 0.167 e. The molecule has 1 aliphatic carbocycles. The lowest BCUT2D eigenvalue weighted by atomic mass is 9.76. The number of aryl methyl sites for hydroxylation is 1. The summed E-state index contributed by atoms with van der Waals surface area (Å²) in [5.41, 5.74) is 10.3. The average Bonchev–Trinajstić information content (AvgIpc) is 3.54. The van der Waals surface area contributed by atoms with Gasteiger partial charge in [-0.3, -0.25) is 4.57 Å². The molecule has 1 aromatic carbocycles. The fourth-order valence-electron chi connectivity index (χ4n) is 5.88. The van der Waals surface area contributed by atoms with Crippen LogP contribution in [-0.2, 0) is 16.6 Å². The molecule has 208 valence electrons. The number of hydrogen-bond acceptors (Lipinski definition) is 9. The zero-order valence-electron chi connectivity index (χ0n) is 22.9. The van der Waals surface area contributed by atoms with Gasteiger partial charge in [0.05, 0.1) is 17.4 Å². The van der Waals surface area contributed by atoms with Crippen molar-refractivity contribution in [1.29, 1.82) is 0 Å². The molecular formula is C28H38N8O3. The molecule has 1 saturated carbocycles. The highest BCUT2D eigenvalue weighted by atomic mass is 16.6. The SMILES string of the molecule is CN(C[C@H]1O[C@@H](n2cnc3c(N)ncnc32)[C@@H](O)[C@H]1O)[C@H]1C[C@H](CCc2nc3cc(C(C)(C)C)ccc3[nH]2)C1. The number of nitrogens with one attached hydrogen (secondary N) is 1. The van der Waals surface area contributed by atoms with Crippen LogP contribution >= 0.6 is 0 Å². The predicted octanol–water partition coefficient (Wildman–Crippen LogP) is 2.54. The Hall–Kier alpha value is -3.12. The van der Waals surface area contributed by atoms with Gasteiger partial charge in [0.1, 0.15) is 36.0 Å². The third-order valence-electron chi connectivity index (χ3n) is 8.49. The second-order valence-electron chi connectivity index (χ2n) is 12.3. The number of nitrogens with zero attached hydrogens (tertiary/aromatic N) is 6. The third-order valence-corrected chi connectivity index (χ3v) is 8.49. The Morgan fingerprint density at radius 2 is 1.95 bits per heavy atom. The summed E-state index contributed by atoms with van der Waals surface area (Å²) in [5, 5.41) is 21.5. The monoisotopic (exact) mass is 534 g/mol.